The van der Waals surface area contributed by atoms with Gasteiger partial charge >= 0.3 is 0 Å². The number of anilines is 1. The molecule has 1 aromatic heterocycles. The minimum absolute atomic E-state index is 0.0619. The van der Waals surface area contributed by atoms with Gasteiger partial charge in [0.15, 0.2) is 0 Å². The molecule has 4 nitrogen and oxygen atoms in total. The fourth-order valence-electron chi connectivity index (χ4n) is 0.924. The second kappa shape index (κ2) is 3.87. The average Bonchev–Trinajstić information content (AvgIpc) is 2.02. The Balaban J connectivity index is 3.41. The van der Waals surface area contributed by atoms with Gasteiger partial charge in [0, 0.05) is 6.20 Å². The summed E-state index contributed by atoms with van der Waals surface area (Å²) in [6.07, 6.45) is -1.88. The van der Waals surface area contributed by atoms with Crippen LogP contribution >= 0.6 is 15.9 Å². The van der Waals surface area contributed by atoms with Gasteiger partial charge in [-0.25, -0.2) is 13.8 Å². The number of aromatic nitrogens is 1. The van der Waals surface area contributed by atoms with Crippen LogP contribution in [0.25, 0.3) is 0 Å². The first kappa shape index (κ1) is 10.8. The first-order chi connectivity index (χ1) is 6.45. The van der Waals surface area contributed by atoms with Crippen LogP contribution in [0.3, 0.4) is 0 Å². The van der Waals surface area contributed by atoms with E-state index in [1.54, 1.807) is 0 Å². The number of nitrogen functional groups attached to an aromatic ring is 1. The van der Waals surface area contributed by atoms with Crippen LogP contribution < -0.4 is 11.5 Å². The number of nitrogens with zero attached hydrogens (tertiary/aromatic N) is 1. The highest BCUT2D eigenvalue weighted by molar-refractivity contribution is 9.10. The summed E-state index contributed by atoms with van der Waals surface area (Å²) in [5, 5.41) is 0. The van der Waals surface area contributed by atoms with Crippen LogP contribution in [-0.2, 0) is 0 Å². The van der Waals surface area contributed by atoms with Gasteiger partial charge in [-0.2, -0.15) is 0 Å². The van der Waals surface area contributed by atoms with Crippen LogP contribution in [0.4, 0.5) is 14.5 Å². The second-order valence-corrected chi connectivity index (χ2v) is 3.21. The molecule has 0 saturated carbocycles. The molecule has 1 amide bonds. The minimum Gasteiger partial charge on any atom is -0.398 e. The molecule has 14 heavy (non-hydrogen) atoms. The van der Waals surface area contributed by atoms with Gasteiger partial charge in [0.2, 0.25) is 0 Å². The summed E-state index contributed by atoms with van der Waals surface area (Å²) in [5.74, 6) is -0.899. The Labute approximate surface area is 86.4 Å². The topological polar surface area (TPSA) is 82.0 Å². The van der Waals surface area contributed by atoms with E-state index in [2.05, 4.69) is 20.9 Å². The number of nitrogens with two attached hydrogens (primary N) is 2. The molecule has 0 aliphatic rings. The van der Waals surface area contributed by atoms with E-state index in [0.717, 1.165) is 6.20 Å². The molecule has 1 rings (SSSR count). The smallest absolute Gasteiger partial charge is 0.267 e. The molecule has 0 bridgehead atoms. The fourth-order valence-corrected chi connectivity index (χ4v) is 1.44. The molecule has 0 atom stereocenters. The molecule has 7 heteroatoms. The molecule has 76 valence electrons. The molecule has 0 saturated heterocycles. The van der Waals surface area contributed by atoms with Crippen molar-refractivity contribution in [3.63, 3.8) is 0 Å². The Kier molecular flexibility index (Phi) is 3.00. The quantitative estimate of drug-likeness (QED) is 0.795. The van der Waals surface area contributed by atoms with Crippen molar-refractivity contribution in [2.24, 2.45) is 5.73 Å². The van der Waals surface area contributed by atoms with Crippen LogP contribution in [0, 0.1) is 0 Å². The summed E-state index contributed by atoms with van der Waals surface area (Å²) in [5.41, 5.74) is 9.23. The Morgan fingerprint density at radius 1 is 1.57 bits per heavy atom. The van der Waals surface area contributed by atoms with Crippen LogP contribution in [0.5, 0.6) is 0 Å². The number of pyridine rings is 1. The summed E-state index contributed by atoms with van der Waals surface area (Å²) in [7, 11) is 0. The van der Waals surface area contributed by atoms with Crippen molar-refractivity contribution >= 4 is 27.5 Å². The molecule has 0 radical (unpaired) electrons. The van der Waals surface area contributed by atoms with Gasteiger partial charge in [-0.1, -0.05) is 0 Å². The predicted octanol–water partition coefficient (Wildman–Crippen LogP) is 1.46. The first-order valence-electron chi connectivity index (χ1n) is 3.47. The van der Waals surface area contributed by atoms with Crippen LogP contribution in [0.2, 0.25) is 0 Å². The third-order valence-corrected chi connectivity index (χ3v) is 2.19. The summed E-state index contributed by atoms with van der Waals surface area (Å²) in [4.78, 5) is 14.4. The van der Waals surface area contributed by atoms with Gasteiger partial charge in [0.25, 0.3) is 12.3 Å². The molecule has 1 heterocycles. The molecule has 0 aliphatic heterocycles. The molecule has 0 aromatic carbocycles. The summed E-state index contributed by atoms with van der Waals surface area (Å²) >= 11 is 2.89. The predicted molar refractivity (Wildman–Crippen MR) is 49.8 cm³/mol. The van der Waals surface area contributed by atoms with E-state index in [9.17, 15) is 13.6 Å². The van der Waals surface area contributed by atoms with Crippen molar-refractivity contribution in [1.82, 2.24) is 4.98 Å². The van der Waals surface area contributed by atoms with Gasteiger partial charge < -0.3 is 11.5 Å². The molecule has 0 spiro atoms. The lowest BCUT2D eigenvalue weighted by Gasteiger charge is -2.08. The van der Waals surface area contributed by atoms with Gasteiger partial charge in [-0.15, -0.1) is 0 Å². The van der Waals surface area contributed by atoms with Crippen molar-refractivity contribution in [2.45, 2.75) is 6.43 Å². The van der Waals surface area contributed by atoms with E-state index in [1.807, 2.05) is 0 Å². The molecule has 0 fully saturated rings. The zero-order valence-electron chi connectivity index (χ0n) is 6.80. The number of halogens is 3. The van der Waals surface area contributed by atoms with Gasteiger partial charge in [0.05, 0.1) is 16.8 Å². The van der Waals surface area contributed by atoms with E-state index in [0.29, 0.717) is 0 Å². The molecule has 1 aromatic rings. The van der Waals surface area contributed by atoms with Crippen molar-refractivity contribution in [2.75, 3.05) is 5.73 Å². The maximum Gasteiger partial charge on any atom is 0.267 e. The van der Waals surface area contributed by atoms with Gasteiger partial charge in [-0.05, 0) is 15.9 Å². The maximum absolute atomic E-state index is 12.3. The third kappa shape index (κ3) is 1.82. The van der Waals surface area contributed by atoms with E-state index in [1.165, 1.54) is 0 Å². The number of carbonyl (C=O) groups is 1. The van der Waals surface area contributed by atoms with Crippen molar-refractivity contribution in [3.05, 3.63) is 21.9 Å². The van der Waals surface area contributed by atoms with Crippen LogP contribution in [0.1, 0.15) is 22.3 Å². The lowest BCUT2D eigenvalue weighted by Crippen LogP contribution is -2.16. The van der Waals surface area contributed by atoms with E-state index < -0.39 is 17.9 Å². The zero-order chi connectivity index (χ0) is 10.9. The molecule has 0 aliphatic carbocycles. The Morgan fingerprint density at radius 2 is 2.14 bits per heavy atom. The summed E-state index contributed by atoms with van der Waals surface area (Å²) in [6, 6.07) is 0. The Bertz CT molecular complexity index is 383. The Morgan fingerprint density at radius 3 is 2.57 bits per heavy atom. The van der Waals surface area contributed by atoms with Gasteiger partial charge in [0.1, 0.15) is 4.60 Å². The average molecular weight is 266 g/mol. The lowest BCUT2D eigenvalue weighted by molar-refractivity contribution is 0.0999. The summed E-state index contributed by atoms with van der Waals surface area (Å²) < 4.78 is 24.7. The van der Waals surface area contributed by atoms with E-state index >= 15 is 0 Å². The normalized spacial score (nSPS) is 10.6. The fraction of sp³-hybridized carbons (Fsp3) is 0.143. The number of hydrogen-bond donors (Lipinski definition) is 2. The lowest BCUT2D eigenvalue weighted by atomic mass is 10.1. The summed E-state index contributed by atoms with van der Waals surface area (Å²) in [6.45, 7) is 0. The molecule has 0 unspecified atom stereocenters. The van der Waals surface area contributed by atoms with E-state index in [-0.39, 0.29) is 15.9 Å². The molecular formula is C7H6BrF2N3O. The van der Waals surface area contributed by atoms with E-state index in [4.69, 9.17) is 11.5 Å². The van der Waals surface area contributed by atoms with Crippen molar-refractivity contribution in [3.8, 4) is 0 Å². The highest BCUT2D eigenvalue weighted by Crippen LogP contribution is 2.30. The van der Waals surface area contributed by atoms with Crippen molar-refractivity contribution < 1.29 is 13.6 Å². The third-order valence-electron chi connectivity index (χ3n) is 1.59. The number of rotatable bonds is 2. The maximum atomic E-state index is 12.3. The number of carbonyl (C=O) groups excluding carboxylic acids is 1. The van der Waals surface area contributed by atoms with Crippen LogP contribution in [-0.4, -0.2) is 10.9 Å². The highest BCUT2D eigenvalue weighted by Gasteiger charge is 2.20. The Hall–Kier alpha value is -1.24. The monoisotopic (exact) mass is 265 g/mol. The standard InChI is InChI=1S/C7H6BrF2N3O/c8-5-3(7(12)14)4(11)2(1-13-5)6(9)10/h1,6H,(H2,11,13)(H2,12,14). The number of primary amides is 1. The SMILES string of the molecule is NC(=O)c1c(Br)ncc(C(F)F)c1N. The highest BCUT2D eigenvalue weighted by atomic mass is 79.9. The first-order valence-corrected chi connectivity index (χ1v) is 4.26. The zero-order valence-corrected chi connectivity index (χ0v) is 8.38. The van der Waals surface area contributed by atoms with Gasteiger partial charge in [-0.3, -0.25) is 4.79 Å². The number of hydrogen-bond acceptors (Lipinski definition) is 3. The molecular weight excluding hydrogens is 260 g/mol. The number of amides is 1. The minimum atomic E-state index is -2.78. The largest absolute Gasteiger partial charge is 0.398 e. The second-order valence-electron chi connectivity index (χ2n) is 2.46. The molecule has 4 N–H and O–H groups in total. The van der Waals surface area contributed by atoms with Crippen LogP contribution in [0.15, 0.2) is 10.8 Å². The van der Waals surface area contributed by atoms with Crippen molar-refractivity contribution in [1.29, 1.82) is 0 Å². The number of alkyl halides is 2.